The van der Waals surface area contributed by atoms with Gasteiger partial charge in [0.05, 0.1) is 11.6 Å². The van der Waals surface area contributed by atoms with Gasteiger partial charge in [0.15, 0.2) is 0 Å². The quantitative estimate of drug-likeness (QED) is 0.553. The summed E-state index contributed by atoms with van der Waals surface area (Å²) >= 11 is 6.09. The highest BCUT2D eigenvalue weighted by Crippen LogP contribution is 2.37. The molecule has 0 spiro atoms. The van der Waals surface area contributed by atoms with Crippen LogP contribution in [0.5, 0.6) is 0 Å². The van der Waals surface area contributed by atoms with Gasteiger partial charge in [-0.15, -0.1) is 0 Å². The maximum Gasteiger partial charge on any atom is 0.322 e. The van der Waals surface area contributed by atoms with Crippen molar-refractivity contribution in [3.05, 3.63) is 76.5 Å². The lowest BCUT2D eigenvalue weighted by Gasteiger charge is -2.36. The monoisotopic (exact) mass is 440 g/mol. The molecule has 31 heavy (non-hydrogen) atoms. The van der Waals surface area contributed by atoms with E-state index in [1.54, 1.807) is 29.2 Å². The summed E-state index contributed by atoms with van der Waals surface area (Å²) in [5.74, 6) is 0.586. The second kappa shape index (κ2) is 8.51. The van der Waals surface area contributed by atoms with Crippen LogP contribution in [0.2, 0.25) is 5.02 Å². The second-order valence-electron chi connectivity index (χ2n) is 7.87. The van der Waals surface area contributed by atoms with E-state index in [0.29, 0.717) is 28.7 Å². The van der Waals surface area contributed by atoms with E-state index in [1.807, 2.05) is 32.9 Å². The normalized spacial score (nSPS) is 16.8. The van der Waals surface area contributed by atoms with E-state index in [2.05, 4.69) is 15.5 Å². The number of hydrogen-bond donors (Lipinski definition) is 1. The highest BCUT2D eigenvalue weighted by Gasteiger charge is 2.35. The van der Waals surface area contributed by atoms with E-state index >= 15 is 0 Å². The highest BCUT2D eigenvalue weighted by atomic mass is 35.5. The summed E-state index contributed by atoms with van der Waals surface area (Å²) in [5, 5.41) is 7.68. The Morgan fingerprint density at radius 3 is 2.65 bits per heavy atom. The molecule has 3 aromatic rings. The van der Waals surface area contributed by atoms with Gasteiger partial charge >= 0.3 is 6.03 Å². The van der Waals surface area contributed by atoms with Gasteiger partial charge in [0, 0.05) is 22.8 Å². The minimum absolute atomic E-state index is 0.223. The van der Waals surface area contributed by atoms with Gasteiger partial charge in [0.2, 0.25) is 5.82 Å². The number of nitrogens with zero attached hydrogens (tertiary/aromatic N) is 3. The van der Waals surface area contributed by atoms with Gasteiger partial charge in [0.1, 0.15) is 5.82 Å². The lowest BCUT2D eigenvalue weighted by atomic mass is 9.94. The van der Waals surface area contributed by atoms with E-state index < -0.39 is 6.04 Å². The molecule has 160 valence electrons. The number of amides is 2. The van der Waals surface area contributed by atoms with Crippen LogP contribution >= 0.6 is 11.6 Å². The Hall–Kier alpha value is -3.19. The summed E-state index contributed by atoms with van der Waals surface area (Å²) in [7, 11) is 0. The van der Waals surface area contributed by atoms with Crippen molar-refractivity contribution >= 4 is 23.2 Å². The number of halogens is 2. The number of carbonyl (C=O) groups excluding carboxylic acids is 1. The Kier molecular flexibility index (Phi) is 5.78. The average molecular weight is 441 g/mol. The molecule has 0 saturated heterocycles. The van der Waals surface area contributed by atoms with Crippen LogP contribution in [0, 0.1) is 11.7 Å². The van der Waals surface area contributed by atoms with Crippen LogP contribution in [0.1, 0.15) is 38.3 Å². The molecule has 6 nitrogen and oxygen atoms in total. The first-order valence-electron chi connectivity index (χ1n) is 9.97. The number of urea groups is 1. The molecule has 0 radical (unpaired) electrons. The van der Waals surface area contributed by atoms with Crippen LogP contribution in [0.3, 0.4) is 0 Å². The van der Waals surface area contributed by atoms with Gasteiger partial charge in [-0.25, -0.2) is 9.18 Å². The number of rotatable bonds is 5. The van der Waals surface area contributed by atoms with Crippen molar-refractivity contribution in [1.29, 1.82) is 0 Å². The van der Waals surface area contributed by atoms with Crippen molar-refractivity contribution < 1.29 is 13.7 Å². The first-order valence-corrected chi connectivity index (χ1v) is 10.4. The Morgan fingerprint density at radius 2 is 1.97 bits per heavy atom. The summed E-state index contributed by atoms with van der Waals surface area (Å²) < 4.78 is 19.1. The third kappa shape index (κ3) is 4.32. The Labute approximate surface area is 184 Å². The van der Waals surface area contributed by atoms with Gasteiger partial charge in [-0.3, -0.25) is 4.90 Å². The van der Waals surface area contributed by atoms with Crippen LogP contribution in [0.15, 0.2) is 58.8 Å². The van der Waals surface area contributed by atoms with Crippen molar-refractivity contribution in [3.63, 3.8) is 0 Å². The molecule has 1 unspecified atom stereocenters. The van der Waals surface area contributed by atoms with Crippen molar-refractivity contribution in [2.75, 3.05) is 6.54 Å². The van der Waals surface area contributed by atoms with Gasteiger partial charge < -0.3 is 9.84 Å². The standard InChI is InChI=1S/C23H22ClFN4O2/c1-13(2)12-29-14(3)19(20(26-23(29)30)15-7-9-18(25)10-8-15)22-27-21(28-31-22)16-5-4-6-17(24)11-16/h4-11,13,20H,12H2,1-3H3,(H,26,30). The molecule has 2 aromatic carbocycles. The molecule has 2 amide bonds. The second-order valence-corrected chi connectivity index (χ2v) is 8.31. The van der Waals surface area contributed by atoms with Crippen LogP contribution in [0.25, 0.3) is 17.0 Å². The molecule has 1 atom stereocenters. The highest BCUT2D eigenvalue weighted by molar-refractivity contribution is 6.30. The van der Waals surface area contributed by atoms with Crippen molar-refractivity contribution in [3.8, 4) is 11.4 Å². The molecule has 0 bridgehead atoms. The third-order valence-electron chi connectivity index (χ3n) is 5.09. The molecule has 0 saturated carbocycles. The summed E-state index contributed by atoms with van der Waals surface area (Å²) in [6.45, 7) is 6.47. The maximum absolute atomic E-state index is 13.5. The number of aromatic nitrogens is 2. The molecule has 1 aliphatic rings. The van der Waals surface area contributed by atoms with Crippen LogP contribution < -0.4 is 5.32 Å². The van der Waals surface area contributed by atoms with Crippen LogP contribution in [-0.2, 0) is 0 Å². The van der Waals surface area contributed by atoms with Gasteiger partial charge in [-0.2, -0.15) is 4.98 Å². The smallest absolute Gasteiger partial charge is 0.322 e. The zero-order valence-electron chi connectivity index (χ0n) is 17.4. The predicted octanol–water partition coefficient (Wildman–Crippen LogP) is 5.68. The molecule has 4 rings (SSSR count). The maximum atomic E-state index is 13.5. The van der Waals surface area contributed by atoms with E-state index in [-0.39, 0.29) is 23.7 Å². The molecule has 2 heterocycles. The molecule has 1 aromatic heterocycles. The van der Waals surface area contributed by atoms with E-state index in [1.165, 1.54) is 12.1 Å². The lowest BCUT2D eigenvalue weighted by molar-refractivity contribution is 0.199. The fraction of sp³-hybridized carbons (Fsp3) is 0.261. The largest absolute Gasteiger partial charge is 0.334 e. The summed E-state index contributed by atoms with van der Waals surface area (Å²) in [5.41, 5.74) is 2.83. The fourth-order valence-corrected chi connectivity index (χ4v) is 3.82. The first kappa shape index (κ1) is 21.1. The third-order valence-corrected chi connectivity index (χ3v) is 5.32. The Balaban J connectivity index is 1.82. The number of nitrogens with one attached hydrogen (secondary N) is 1. The molecule has 1 N–H and O–H groups in total. The van der Waals surface area contributed by atoms with Crippen LogP contribution in [-0.4, -0.2) is 27.6 Å². The fourth-order valence-electron chi connectivity index (χ4n) is 3.63. The van der Waals surface area contributed by atoms with Crippen molar-refractivity contribution in [1.82, 2.24) is 20.4 Å². The molecule has 8 heteroatoms. The van der Waals surface area contributed by atoms with Gasteiger partial charge in [-0.05, 0) is 42.7 Å². The first-order chi connectivity index (χ1) is 14.8. The molecular formula is C23H22ClFN4O2. The number of allylic oxidation sites excluding steroid dienone is 1. The molecule has 0 fully saturated rings. The molecule has 1 aliphatic heterocycles. The SMILES string of the molecule is CC1=C(c2nc(-c3cccc(Cl)c3)no2)C(c2ccc(F)cc2)NC(=O)N1CC(C)C. The van der Waals surface area contributed by atoms with Crippen molar-refractivity contribution in [2.24, 2.45) is 5.92 Å². The molecular weight excluding hydrogens is 419 g/mol. The van der Waals surface area contributed by atoms with Crippen LogP contribution in [0.4, 0.5) is 9.18 Å². The van der Waals surface area contributed by atoms with E-state index in [4.69, 9.17) is 16.1 Å². The van der Waals surface area contributed by atoms with Gasteiger partial charge in [0.25, 0.3) is 5.89 Å². The average Bonchev–Trinajstić information content (AvgIpc) is 3.21. The number of carbonyl (C=O) groups is 1. The summed E-state index contributed by atoms with van der Waals surface area (Å²) in [4.78, 5) is 19.1. The minimum atomic E-state index is -0.552. The Bertz CT molecular complexity index is 1140. The number of hydrogen-bond acceptors (Lipinski definition) is 4. The van der Waals surface area contributed by atoms with Crippen molar-refractivity contribution in [2.45, 2.75) is 26.8 Å². The minimum Gasteiger partial charge on any atom is -0.334 e. The summed E-state index contributed by atoms with van der Waals surface area (Å²) in [6, 6.07) is 12.4. The zero-order chi connectivity index (χ0) is 22.1. The van der Waals surface area contributed by atoms with Gasteiger partial charge in [-0.1, -0.05) is 54.9 Å². The summed E-state index contributed by atoms with van der Waals surface area (Å²) in [6.07, 6.45) is 0. The predicted molar refractivity (Wildman–Crippen MR) is 117 cm³/mol. The van der Waals surface area contributed by atoms with E-state index in [0.717, 1.165) is 11.1 Å². The zero-order valence-corrected chi connectivity index (χ0v) is 18.2. The topological polar surface area (TPSA) is 71.3 Å². The Morgan fingerprint density at radius 1 is 1.23 bits per heavy atom. The lowest BCUT2D eigenvalue weighted by Crippen LogP contribution is -2.47. The number of benzene rings is 2. The van der Waals surface area contributed by atoms with E-state index in [9.17, 15) is 9.18 Å². The molecule has 0 aliphatic carbocycles.